The molecule has 1 N–H and O–H groups in total. The van der Waals surface area contributed by atoms with E-state index in [0.29, 0.717) is 31.7 Å². The van der Waals surface area contributed by atoms with Crippen molar-refractivity contribution in [1.82, 2.24) is 10.2 Å². The first kappa shape index (κ1) is 16.6. The summed E-state index contributed by atoms with van der Waals surface area (Å²) in [4.78, 5) is 26.8. The molecule has 0 saturated heterocycles. The van der Waals surface area contributed by atoms with Crippen LogP contribution in [0.25, 0.3) is 0 Å². The third-order valence-electron chi connectivity index (χ3n) is 4.68. The zero-order chi connectivity index (χ0) is 17.2. The highest BCUT2D eigenvalue weighted by atomic mass is 16.7. The first-order chi connectivity index (χ1) is 11.6. The maximum absolute atomic E-state index is 12.6. The van der Waals surface area contributed by atoms with Gasteiger partial charge in [-0.2, -0.15) is 0 Å². The van der Waals surface area contributed by atoms with Crippen molar-refractivity contribution in [3.05, 3.63) is 23.8 Å². The Morgan fingerprint density at radius 1 is 1.25 bits per heavy atom. The van der Waals surface area contributed by atoms with Crippen LogP contribution in [0, 0.1) is 5.41 Å². The second-order valence-corrected chi connectivity index (χ2v) is 6.53. The van der Waals surface area contributed by atoms with Crippen molar-refractivity contribution in [2.24, 2.45) is 5.41 Å². The minimum atomic E-state index is -0.848. The topological polar surface area (TPSA) is 67.9 Å². The molecule has 1 heterocycles. The summed E-state index contributed by atoms with van der Waals surface area (Å²) in [6, 6.07) is 5.58. The molecular formula is C18H24N2O4. The fourth-order valence-corrected chi connectivity index (χ4v) is 2.93. The van der Waals surface area contributed by atoms with E-state index < -0.39 is 5.41 Å². The van der Waals surface area contributed by atoms with E-state index in [1.807, 2.05) is 18.2 Å². The molecule has 130 valence electrons. The highest BCUT2D eigenvalue weighted by molar-refractivity contribution is 6.07. The van der Waals surface area contributed by atoms with Crippen molar-refractivity contribution in [1.29, 1.82) is 0 Å². The van der Waals surface area contributed by atoms with Gasteiger partial charge in [-0.1, -0.05) is 19.4 Å². The van der Waals surface area contributed by atoms with Gasteiger partial charge in [-0.25, -0.2) is 0 Å². The molecule has 0 unspecified atom stereocenters. The summed E-state index contributed by atoms with van der Waals surface area (Å²) in [6.45, 7) is 3.39. The zero-order valence-corrected chi connectivity index (χ0v) is 14.3. The molecule has 1 aromatic carbocycles. The van der Waals surface area contributed by atoms with Crippen LogP contribution in [0.1, 0.15) is 38.2 Å². The number of carbonyl (C=O) groups excluding carboxylic acids is 2. The van der Waals surface area contributed by atoms with Gasteiger partial charge in [0.1, 0.15) is 5.41 Å². The van der Waals surface area contributed by atoms with Crippen molar-refractivity contribution in [3.8, 4) is 11.5 Å². The van der Waals surface area contributed by atoms with E-state index in [0.717, 1.165) is 24.2 Å². The van der Waals surface area contributed by atoms with Crippen molar-refractivity contribution >= 4 is 11.8 Å². The molecule has 1 aromatic rings. The standard InChI is InChI=1S/C18H24N2O4/c1-3-4-9-20(2)17(22)18(7-8-18)16(21)19-11-13-5-6-14-15(10-13)24-12-23-14/h5-6,10H,3-4,7-9,11-12H2,1-2H3,(H,19,21). The van der Waals surface area contributed by atoms with Crippen LogP contribution in [0.5, 0.6) is 11.5 Å². The molecular weight excluding hydrogens is 308 g/mol. The second-order valence-electron chi connectivity index (χ2n) is 6.53. The molecule has 0 radical (unpaired) electrons. The highest BCUT2D eigenvalue weighted by Gasteiger charge is 2.57. The minimum Gasteiger partial charge on any atom is -0.454 e. The molecule has 0 spiro atoms. The molecule has 0 bridgehead atoms. The smallest absolute Gasteiger partial charge is 0.238 e. The third kappa shape index (κ3) is 3.18. The average molecular weight is 332 g/mol. The van der Waals surface area contributed by atoms with Gasteiger partial charge in [0.2, 0.25) is 18.6 Å². The van der Waals surface area contributed by atoms with Gasteiger partial charge >= 0.3 is 0 Å². The number of nitrogens with one attached hydrogen (secondary N) is 1. The highest BCUT2D eigenvalue weighted by Crippen LogP contribution is 2.47. The number of amides is 2. The van der Waals surface area contributed by atoms with E-state index in [2.05, 4.69) is 12.2 Å². The lowest BCUT2D eigenvalue weighted by Gasteiger charge is -2.23. The van der Waals surface area contributed by atoms with Gasteiger partial charge in [0.25, 0.3) is 0 Å². The second kappa shape index (κ2) is 6.71. The molecule has 1 fully saturated rings. The SMILES string of the molecule is CCCCN(C)C(=O)C1(C(=O)NCc2ccc3c(c2)OCO3)CC1. The first-order valence-electron chi connectivity index (χ1n) is 8.49. The average Bonchev–Trinajstić information content (AvgIpc) is 3.28. The fourth-order valence-electron chi connectivity index (χ4n) is 2.93. The number of hydrogen-bond donors (Lipinski definition) is 1. The van der Waals surface area contributed by atoms with E-state index in [9.17, 15) is 9.59 Å². The van der Waals surface area contributed by atoms with Crippen LogP contribution in [-0.4, -0.2) is 37.1 Å². The minimum absolute atomic E-state index is 0.0564. The summed E-state index contributed by atoms with van der Waals surface area (Å²) < 4.78 is 10.6. The van der Waals surface area contributed by atoms with E-state index in [1.165, 1.54) is 0 Å². The Morgan fingerprint density at radius 2 is 2.00 bits per heavy atom. The van der Waals surface area contributed by atoms with Gasteiger partial charge in [-0.3, -0.25) is 9.59 Å². The van der Waals surface area contributed by atoms with Crippen molar-refractivity contribution in [2.45, 2.75) is 39.2 Å². The molecule has 0 aromatic heterocycles. The first-order valence-corrected chi connectivity index (χ1v) is 8.49. The molecule has 0 atom stereocenters. The van der Waals surface area contributed by atoms with Crippen molar-refractivity contribution in [2.75, 3.05) is 20.4 Å². The van der Waals surface area contributed by atoms with Gasteiger partial charge in [0, 0.05) is 20.1 Å². The number of rotatable bonds is 7. The lowest BCUT2D eigenvalue weighted by Crippen LogP contribution is -2.43. The number of ether oxygens (including phenoxy) is 2. The molecule has 1 aliphatic heterocycles. The molecule has 3 rings (SSSR count). The maximum Gasteiger partial charge on any atom is 0.238 e. The van der Waals surface area contributed by atoms with Crippen LogP contribution >= 0.6 is 0 Å². The molecule has 2 aliphatic rings. The maximum atomic E-state index is 12.6. The Hall–Kier alpha value is -2.24. The molecule has 1 saturated carbocycles. The number of hydrogen-bond acceptors (Lipinski definition) is 4. The molecule has 24 heavy (non-hydrogen) atoms. The van der Waals surface area contributed by atoms with Crippen molar-refractivity contribution in [3.63, 3.8) is 0 Å². The van der Waals surface area contributed by atoms with Crippen LogP contribution in [0.3, 0.4) is 0 Å². The zero-order valence-electron chi connectivity index (χ0n) is 14.3. The van der Waals surface area contributed by atoms with E-state index in [-0.39, 0.29) is 18.6 Å². The van der Waals surface area contributed by atoms with E-state index in [1.54, 1.807) is 11.9 Å². The Morgan fingerprint density at radius 3 is 2.71 bits per heavy atom. The van der Waals surface area contributed by atoms with Crippen molar-refractivity contribution < 1.29 is 19.1 Å². The van der Waals surface area contributed by atoms with Crippen LogP contribution in [0.2, 0.25) is 0 Å². The normalized spacial score (nSPS) is 16.6. The Labute approximate surface area is 142 Å². The number of fused-ring (bicyclic) bond motifs is 1. The van der Waals surface area contributed by atoms with Gasteiger partial charge in [0.15, 0.2) is 11.5 Å². The van der Waals surface area contributed by atoms with Crippen LogP contribution in [0.4, 0.5) is 0 Å². The Kier molecular flexibility index (Phi) is 4.64. The summed E-state index contributed by atoms with van der Waals surface area (Å²) in [7, 11) is 1.78. The van der Waals surface area contributed by atoms with Gasteiger partial charge in [-0.15, -0.1) is 0 Å². The lowest BCUT2D eigenvalue weighted by atomic mass is 10.0. The number of benzene rings is 1. The summed E-state index contributed by atoms with van der Waals surface area (Å²) >= 11 is 0. The van der Waals surface area contributed by atoms with Gasteiger partial charge in [-0.05, 0) is 37.0 Å². The third-order valence-corrected chi connectivity index (χ3v) is 4.68. The van der Waals surface area contributed by atoms with Crippen LogP contribution in [-0.2, 0) is 16.1 Å². The largest absolute Gasteiger partial charge is 0.454 e. The van der Waals surface area contributed by atoms with Crippen LogP contribution < -0.4 is 14.8 Å². The summed E-state index contributed by atoms with van der Waals surface area (Å²) in [5.74, 6) is 1.18. The lowest BCUT2D eigenvalue weighted by molar-refractivity contribution is -0.143. The van der Waals surface area contributed by atoms with Gasteiger partial charge in [0.05, 0.1) is 0 Å². The molecule has 2 amide bonds. The molecule has 1 aliphatic carbocycles. The number of unbranched alkanes of at least 4 members (excludes halogenated alkanes) is 1. The summed E-state index contributed by atoms with van der Waals surface area (Å²) in [5, 5.41) is 2.90. The predicted molar refractivity (Wildman–Crippen MR) is 88.6 cm³/mol. The van der Waals surface area contributed by atoms with E-state index >= 15 is 0 Å². The molecule has 6 nitrogen and oxygen atoms in total. The molecule has 6 heteroatoms. The Balaban J connectivity index is 1.57. The van der Waals surface area contributed by atoms with Crippen LogP contribution in [0.15, 0.2) is 18.2 Å². The summed E-state index contributed by atoms with van der Waals surface area (Å²) in [5.41, 5.74) is 0.0777. The quantitative estimate of drug-likeness (QED) is 0.776. The Bertz CT molecular complexity index is 640. The monoisotopic (exact) mass is 332 g/mol. The van der Waals surface area contributed by atoms with Gasteiger partial charge < -0.3 is 19.7 Å². The fraction of sp³-hybridized carbons (Fsp3) is 0.556. The predicted octanol–water partition coefficient (Wildman–Crippen LogP) is 2.07. The number of carbonyl (C=O) groups is 2. The summed E-state index contributed by atoms with van der Waals surface area (Å²) in [6.07, 6.45) is 3.25. The number of nitrogens with zero attached hydrogens (tertiary/aromatic N) is 1. The van der Waals surface area contributed by atoms with E-state index in [4.69, 9.17) is 9.47 Å².